The first-order valence-corrected chi connectivity index (χ1v) is 7.95. The summed E-state index contributed by atoms with van der Waals surface area (Å²) >= 11 is 0. The predicted molar refractivity (Wildman–Crippen MR) is 98.7 cm³/mol. The molecule has 3 heteroatoms. The summed E-state index contributed by atoms with van der Waals surface area (Å²) in [6, 6.07) is 21.1. The minimum absolute atomic E-state index is 0.346. The Bertz CT molecular complexity index is 593. The monoisotopic (exact) mass is 307 g/mol. The number of benzene rings is 2. The molecule has 0 aromatic heterocycles. The van der Waals surface area contributed by atoms with Crippen LogP contribution in [0.4, 0.5) is 0 Å². The third-order valence-electron chi connectivity index (χ3n) is 3.66. The zero-order chi connectivity index (χ0) is 16.5. The third-order valence-corrected chi connectivity index (χ3v) is 3.66. The van der Waals surface area contributed by atoms with E-state index in [0.717, 1.165) is 18.5 Å². The first-order valence-electron chi connectivity index (χ1n) is 7.95. The van der Waals surface area contributed by atoms with Gasteiger partial charge >= 0.3 is 0 Å². The summed E-state index contributed by atoms with van der Waals surface area (Å²) in [7, 11) is 0. The lowest BCUT2D eigenvalue weighted by Gasteiger charge is -2.18. The van der Waals surface area contributed by atoms with E-state index in [1.165, 1.54) is 11.1 Å². The minimum atomic E-state index is 0.346. The number of aliphatic imine (C=N–C) groups is 1. The molecule has 0 radical (unpaired) electrons. The maximum Gasteiger partial charge on any atom is 0.188 e. The maximum atomic E-state index is 5.88. The molecule has 0 aliphatic rings. The van der Waals surface area contributed by atoms with Gasteiger partial charge in [-0.15, -0.1) is 0 Å². The molecule has 0 unspecified atom stereocenters. The lowest BCUT2D eigenvalue weighted by Crippen LogP contribution is -2.33. The third kappa shape index (κ3) is 5.62. The molecule has 0 bridgehead atoms. The van der Waals surface area contributed by atoms with Crippen molar-refractivity contribution in [1.82, 2.24) is 5.32 Å². The van der Waals surface area contributed by atoms with Crippen LogP contribution >= 0.6 is 0 Å². The highest BCUT2D eigenvalue weighted by atomic mass is 15.1. The largest absolute Gasteiger partial charge is 0.370 e. The molecule has 0 amide bonds. The van der Waals surface area contributed by atoms with E-state index in [-0.39, 0.29) is 0 Å². The summed E-state index contributed by atoms with van der Waals surface area (Å²) < 4.78 is 0. The summed E-state index contributed by atoms with van der Waals surface area (Å²) in [5.41, 5.74) is 9.52. The predicted octanol–water partition coefficient (Wildman–Crippen LogP) is 3.69. The molecule has 0 heterocycles. The van der Waals surface area contributed by atoms with E-state index in [2.05, 4.69) is 65.4 Å². The van der Waals surface area contributed by atoms with Crippen molar-refractivity contribution in [2.75, 3.05) is 13.1 Å². The Kier molecular flexibility index (Phi) is 6.42. The van der Waals surface area contributed by atoms with Crippen molar-refractivity contribution in [1.29, 1.82) is 0 Å². The summed E-state index contributed by atoms with van der Waals surface area (Å²) in [5.74, 6) is 0.826. The lowest BCUT2D eigenvalue weighted by molar-refractivity contribution is 0.689. The highest BCUT2D eigenvalue weighted by Crippen LogP contribution is 2.27. The molecule has 0 aliphatic heterocycles. The molecule has 0 aliphatic carbocycles. The second-order valence-electron chi connectivity index (χ2n) is 5.75. The van der Waals surface area contributed by atoms with Gasteiger partial charge in [0.15, 0.2) is 5.96 Å². The van der Waals surface area contributed by atoms with Gasteiger partial charge in [0.1, 0.15) is 0 Å². The molecule has 23 heavy (non-hydrogen) atoms. The zero-order valence-corrected chi connectivity index (χ0v) is 13.7. The van der Waals surface area contributed by atoms with Crippen LogP contribution in [0.1, 0.15) is 30.4 Å². The SMILES string of the molecule is C=C(C)CN=C(N)NCCC(c1ccccc1)c1ccccc1. The van der Waals surface area contributed by atoms with Crippen LogP contribution < -0.4 is 11.1 Å². The van der Waals surface area contributed by atoms with Gasteiger partial charge in [-0.3, -0.25) is 0 Å². The van der Waals surface area contributed by atoms with Crippen LogP contribution in [0.5, 0.6) is 0 Å². The topological polar surface area (TPSA) is 50.4 Å². The Morgan fingerprint density at radius 1 is 1.04 bits per heavy atom. The van der Waals surface area contributed by atoms with Crippen LogP contribution in [0.15, 0.2) is 77.8 Å². The molecular weight excluding hydrogens is 282 g/mol. The normalized spacial score (nSPS) is 11.5. The van der Waals surface area contributed by atoms with Crippen LogP contribution in [0.2, 0.25) is 0 Å². The maximum absolute atomic E-state index is 5.88. The standard InChI is InChI=1S/C20H25N3/c1-16(2)15-23-20(21)22-14-13-19(17-9-5-3-6-10-17)18-11-7-4-8-12-18/h3-12,19H,1,13-15H2,2H3,(H3,21,22,23). The molecule has 0 fully saturated rings. The number of nitrogens with two attached hydrogens (primary N) is 1. The second kappa shape index (κ2) is 8.79. The van der Waals surface area contributed by atoms with Gasteiger partial charge in [0.05, 0.1) is 6.54 Å². The molecule has 0 atom stereocenters. The number of hydrogen-bond donors (Lipinski definition) is 2. The van der Waals surface area contributed by atoms with Gasteiger partial charge in [-0.2, -0.15) is 0 Å². The fraction of sp³-hybridized carbons (Fsp3) is 0.250. The van der Waals surface area contributed by atoms with E-state index >= 15 is 0 Å². The highest BCUT2D eigenvalue weighted by Gasteiger charge is 2.13. The fourth-order valence-corrected chi connectivity index (χ4v) is 2.52. The van der Waals surface area contributed by atoms with Crippen molar-refractivity contribution in [3.63, 3.8) is 0 Å². The van der Waals surface area contributed by atoms with Crippen molar-refractivity contribution < 1.29 is 0 Å². The van der Waals surface area contributed by atoms with Gasteiger partial charge < -0.3 is 11.1 Å². The Morgan fingerprint density at radius 3 is 2.04 bits per heavy atom. The van der Waals surface area contributed by atoms with Crippen molar-refractivity contribution in [3.05, 3.63) is 83.9 Å². The number of nitrogens with zero attached hydrogens (tertiary/aromatic N) is 1. The summed E-state index contributed by atoms with van der Waals surface area (Å²) in [6.07, 6.45) is 0.956. The first kappa shape index (κ1) is 16.8. The van der Waals surface area contributed by atoms with Crippen molar-refractivity contribution >= 4 is 5.96 Å². The Labute approximate surface area is 139 Å². The minimum Gasteiger partial charge on any atom is -0.370 e. The number of rotatable bonds is 7. The Balaban J connectivity index is 2.02. The van der Waals surface area contributed by atoms with Gasteiger partial charge in [0.25, 0.3) is 0 Å². The molecule has 0 saturated carbocycles. The average Bonchev–Trinajstić information content (AvgIpc) is 2.58. The van der Waals surface area contributed by atoms with Gasteiger partial charge in [-0.25, -0.2) is 4.99 Å². The molecule has 3 N–H and O–H groups in total. The first-order chi connectivity index (χ1) is 11.2. The lowest BCUT2D eigenvalue weighted by atomic mass is 9.88. The van der Waals surface area contributed by atoms with Crippen molar-refractivity contribution in [3.8, 4) is 0 Å². The average molecular weight is 307 g/mol. The number of hydrogen-bond acceptors (Lipinski definition) is 1. The van der Waals surface area contributed by atoms with Crippen molar-refractivity contribution in [2.24, 2.45) is 10.7 Å². The fourth-order valence-electron chi connectivity index (χ4n) is 2.52. The molecule has 120 valence electrons. The molecule has 2 aromatic rings. The summed E-state index contributed by atoms with van der Waals surface area (Å²) in [4.78, 5) is 4.25. The Hall–Kier alpha value is -2.55. The molecule has 0 spiro atoms. The van der Waals surface area contributed by atoms with Crippen LogP contribution in [0.25, 0.3) is 0 Å². The molecule has 0 saturated heterocycles. The van der Waals surface area contributed by atoms with E-state index in [1.807, 2.05) is 19.1 Å². The second-order valence-corrected chi connectivity index (χ2v) is 5.75. The summed E-state index contributed by atoms with van der Waals surface area (Å²) in [5, 5.41) is 3.19. The number of nitrogens with one attached hydrogen (secondary N) is 1. The van der Waals surface area contributed by atoms with Crippen LogP contribution in [-0.4, -0.2) is 19.0 Å². The smallest absolute Gasteiger partial charge is 0.188 e. The summed E-state index contributed by atoms with van der Waals surface area (Å²) in [6.45, 7) is 7.11. The molecule has 2 aromatic carbocycles. The van der Waals surface area contributed by atoms with Gasteiger partial charge in [-0.05, 0) is 24.5 Å². The van der Waals surface area contributed by atoms with Gasteiger partial charge in [0, 0.05) is 12.5 Å². The van der Waals surface area contributed by atoms with Gasteiger partial charge in [0.2, 0.25) is 0 Å². The van der Waals surface area contributed by atoms with E-state index in [4.69, 9.17) is 5.73 Å². The van der Waals surface area contributed by atoms with E-state index in [0.29, 0.717) is 18.4 Å². The molecular formula is C20H25N3. The molecule has 3 nitrogen and oxygen atoms in total. The van der Waals surface area contributed by atoms with Gasteiger partial charge in [-0.1, -0.05) is 72.8 Å². The highest BCUT2D eigenvalue weighted by molar-refractivity contribution is 5.77. The Morgan fingerprint density at radius 2 is 1.57 bits per heavy atom. The van der Waals surface area contributed by atoms with E-state index in [9.17, 15) is 0 Å². The van der Waals surface area contributed by atoms with E-state index in [1.54, 1.807) is 0 Å². The number of guanidine groups is 1. The van der Waals surface area contributed by atoms with Crippen LogP contribution in [0, 0.1) is 0 Å². The zero-order valence-electron chi connectivity index (χ0n) is 13.7. The van der Waals surface area contributed by atoms with Crippen LogP contribution in [0.3, 0.4) is 0 Å². The van der Waals surface area contributed by atoms with Crippen LogP contribution in [-0.2, 0) is 0 Å². The van der Waals surface area contributed by atoms with Crippen molar-refractivity contribution in [2.45, 2.75) is 19.3 Å². The molecule has 2 rings (SSSR count). The quantitative estimate of drug-likeness (QED) is 0.465. The van der Waals surface area contributed by atoms with E-state index < -0.39 is 0 Å².